The Kier molecular flexibility index (Phi) is 24.8. The lowest BCUT2D eigenvalue weighted by Gasteiger charge is -2.38. The summed E-state index contributed by atoms with van der Waals surface area (Å²) in [6.45, 7) is 28.5. The summed E-state index contributed by atoms with van der Waals surface area (Å²) in [5.41, 5.74) is 4.39. The third-order valence-electron chi connectivity index (χ3n) is 9.11. The highest BCUT2D eigenvalue weighted by molar-refractivity contribution is 6.03. The Bertz CT molecular complexity index is 904. The molecule has 2 aliphatic rings. The fraction of sp³-hybridized carbons (Fsp3) is 0.805. The molecule has 46 heavy (non-hydrogen) atoms. The zero-order valence-corrected chi connectivity index (χ0v) is 32.8. The van der Waals surface area contributed by atoms with E-state index in [-0.39, 0.29) is 6.09 Å². The molecule has 1 saturated carbocycles. The minimum Gasteiger partial charge on any atom is -0.444 e. The van der Waals surface area contributed by atoms with E-state index in [0.717, 1.165) is 37.6 Å². The molecular weight excluding hydrogens is 566 g/mol. The average Bonchev–Trinajstić information content (AvgIpc) is 3.04. The summed E-state index contributed by atoms with van der Waals surface area (Å²) in [5.74, 6) is 1.56. The van der Waals surface area contributed by atoms with Crippen LogP contribution in [0.5, 0.6) is 0 Å². The van der Waals surface area contributed by atoms with Gasteiger partial charge >= 0.3 is 6.09 Å². The van der Waals surface area contributed by atoms with E-state index in [9.17, 15) is 4.79 Å². The van der Waals surface area contributed by atoms with Gasteiger partial charge in [0.2, 0.25) is 0 Å². The number of hydrogen-bond donors (Lipinski definition) is 0. The summed E-state index contributed by atoms with van der Waals surface area (Å²) < 4.78 is 5.54. The number of aliphatic imine (C=N–C) groups is 1. The predicted molar refractivity (Wildman–Crippen MR) is 204 cm³/mol. The Balaban J connectivity index is 0.00000102. The van der Waals surface area contributed by atoms with Gasteiger partial charge in [0.1, 0.15) is 5.60 Å². The summed E-state index contributed by atoms with van der Waals surface area (Å²) in [5, 5.41) is 0. The average molecular weight is 644 g/mol. The van der Waals surface area contributed by atoms with Crippen molar-refractivity contribution in [1.82, 2.24) is 9.80 Å². The molecule has 0 N–H and O–H groups in total. The normalized spacial score (nSPS) is 17.9. The minimum absolute atomic E-state index is 0.222. The zero-order valence-electron chi connectivity index (χ0n) is 32.8. The largest absolute Gasteiger partial charge is 0.444 e. The van der Waals surface area contributed by atoms with Crippen molar-refractivity contribution in [2.45, 2.75) is 179 Å². The number of ether oxygens (including phenoxy) is 1. The third kappa shape index (κ3) is 18.9. The van der Waals surface area contributed by atoms with E-state index in [1.807, 2.05) is 31.9 Å². The second-order valence-electron chi connectivity index (χ2n) is 14.3. The molecular formula is C41H77N3O2. The van der Waals surface area contributed by atoms with Crippen LogP contribution in [0.15, 0.2) is 40.2 Å². The van der Waals surface area contributed by atoms with Crippen molar-refractivity contribution < 1.29 is 9.53 Å². The number of amides is 1. The van der Waals surface area contributed by atoms with Crippen molar-refractivity contribution in [2.24, 2.45) is 16.8 Å². The first kappa shape index (κ1) is 44.0. The highest BCUT2D eigenvalue weighted by Gasteiger charge is 2.27. The molecule has 1 aliphatic heterocycles. The molecule has 5 nitrogen and oxygen atoms in total. The number of rotatable bonds is 13. The van der Waals surface area contributed by atoms with E-state index in [1.54, 1.807) is 0 Å². The van der Waals surface area contributed by atoms with Gasteiger partial charge in [-0.3, -0.25) is 4.99 Å². The summed E-state index contributed by atoms with van der Waals surface area (Å²) in [4.78, 5) is 21.3. The molecule has 1 heterocycles. The number of unbranched alkanes of at least 4 members (excludes halogenated alkanes) is 4. The van der Waals surface area contributed by atoms with E-state index < -0.39 is 5.60 Å². The first-order valence-corrected chi connectivity index (χ1v) is 19.2. The number of piperazine rings is 1. The third-order valence-corrected chi connectivity index (χ3v) is 9.11. The Morgan fingerprint density at radius 3 is 1.89 bits per heavy atom. The fourth-order valence-corrected chi connectivity index (χ4v) is 6.18. The quantitative estimate of drug-likeness (QED) is 0.114. The van der Waals surface area contributed by atoms with Gasteiger partial charge in [0.15, 0.2) is 0 Å². The summed E-state index contributed by atoms with van der Waals surface area (Å²) in [7, 11) is 0. The van der Waals surface area contributed by atoms with Crippen LogP contribution < -0.4 is 0 Å². The van der Waals surface area contributed by atoms with E-state index in [0.29, 0.717) is 19.0 Å². The van der Waals surface area contributed by atoms with Crippen LogP contribution in [0.4, 0.5) is 4.79 Å². The second-order valence-corrected chi connectivity index (χ2v) is 14.3. The van der Waals surface area contributed by atoms with Crippen LogP contribution in [-0.4, -0.2) is 53.4 Å². The Labute approximate surface area is 287 Å². The number of nitrogens with zero attached hydrogens (tertiary/aromatic N) is 3. The maximum absolute atomic E-state index is 12.4. The van der Waals surface area contributed by atoms with Crippen LogP contribution >= 0.6 is 0 Å². The van der Waals surface area contributed by atoms with Crippen LogP contribution in [0.2, 0.25) is 0 Å². The van der Waals surface area contributed by atoms with Crippen LogP contribution in [-0.2, 0) is 4.74 Å². The van der Waals surface area contributed by atoms with Gasteiger partial charge in [-0.15, -0.1) is 0 Å². The van der Waals surface area contributed by atoms with Gasteiger partial charge in [-0.25, -0.2) is 4.79 Å². The molecule has 1 aliphatic carbocycles. The highest BCUT2D eigenvalue weighted by atomic mass is 16.6. The van der Waals surface area contributed by atoms with Crippen LogP contribution in [0.3, 0.4) is 0 Å². The summed E-state index contributed by atoms with van der Waals surface area (Å²) in [6.07, 6.45) is 25.5. The molecule has 0 radical (unpaired) electrons. The van der Waals surface area contributed by atoms with Gasteiger partial charge < -0.3 is 14.5 Å². The molecule has 1 unspecified atom stereocenters. The van der Waals surface area contributed by atoms with Gasteiger partial charge in [0, 0.05) is 49.4 Å². The molecule has 0 spiro atoms. The lowest BCUT2D eigenvalue weighted by atomic mass is 9.86. The van der Waals surface area contributed by atoms with E-state index in [1.165, 1.54) is 93.9 Å². The van der Waals surface area contributed by atoms with Crippen molar-refractivity contribution in [3.63, 3.8) is 0 Å². The van der Waals surface area contributed by atoms with Crippen molar-refractivity contribution >= 4 is 11.8 Å². The minimum atomic E-state index is -0.464. The molecule has 1 amide bonds. The maximum Gasteiger partial charge on any atom is 0.410 e. The molecule has 0 bridgehead atoms. The number of hydrogen-bond acceptors (Lipinski definition) is 4. The summed E-state index contributed by atoms with van der Waals surface area (Å²) >= 11 is 0. The molecule has 1 saturated heterocycles. The molecule has 0 aromatic carbocycles. The van der Waals surface area contributed by atoms with Crippen LogP contribution in [0.25, 0.3) is 0 Å². The van der Waals surface area contributed by atoms with E-state index >= 15 is 0 Å². The second kappa shape index (κ2) is 26.0. The Morgan fingerprint density at radius 1 is 0.870 bits per heavy atom. The van der Waals surface area contributed by atoms with Gasteiger partial charge in [0.05, 0.1) is 0 Å². The Hall–Kier alpha value is -2.04. The molecule has 5 heteroatoms. The fourth-order valence-electron chi connectivity index (χ4n) is 6.18. The number of carbonyl (C=O) groups is 1. The monoisotopic (exact) mass is 644 g/mol. The van der Waals surface area contributed by atoms with Crippen molar-refractivity contribution in [3.8, 4) is 0 Å². The van der Waals surface area contributed by atoms with Gasteiger partial charge in [-0.1, -0.05) is 131 Å². The SMILES string of the molecule is CCCC1CCCCC1.CCCCCCC.C\C=C(C(/C(C)=N/C=C/CC)=C(/C)N1CCN(C(=O)OC(C)(C)C)CC1)\C(C)CC. The number of carbonyl (C=O) groups excluding carboxylic acids is 1. The van der Waals surface area contributed by atoms with Crippen LogP contribution in [0.1, 0.15) is 173 Å². The summed E-state index contributed by atoms with van der Waals surface area (Å²) in [6, 6.07) is 0. The molecule has 2 rings (SSSR count). The zero-order chi connectivity index (χ0) is 35.0. The van der Waals surface area contributed by atoms with Gasteiger partial charge in [-0.2, -0.15) is 0 Å². The molecule has 268 valence electrons. The van der Waals surface area contributed by atoms with Crippen molar-refractivity contribution in [1.29, 1.82) is 0 Å². The smallest absolute Gasteiger partial charge is 0.410 e. The van der Waals surface area contributed by atoms with Crippen LogP contribution in [0, 0.1) is 11.8 Å². The molecule has 0 aromatic rings. The first-order chi connectivity index (χ1) is 21.9. The van der Waals surface area contributed by atoms with E-state index in [2.05, 4.69) is 79.4 Å². The highest BCUT2D eigenvalue weighted by Crippen LogP contribution is 2.29. The number of allylic oxidation sites excluding steroid dienone is 5. The van der Waals surface area contributed by atoms with Gasteiger partial charge in [-0.05, 0) is 71.8 Å². The molecule has 2 fully saturated rings. The van der Waals surface area contributed by atoms with Gasteiger partial charge in [0.25, 0.3) is 0 Å². The topological polar surface area (TPSA) is 45.1 Å². The standard InChI is InChI=1S/C25H43N3O2.C9H18.C7H16/c1-10-13-14-26-20(5)23(22(12-3)19(4)11-2)21(6)27-15-17-28(18-16-27)24(29)30-25(7,8)9;1-2-6-9-7-4-3-5-8-9;1-3-5-7-6-4-2/h12-14,19H,10-11,15-18H2,1-9H3;9H,2-8H2,1H3;3-7H2,1-2H3/b14-13+,22-12-,23-21-,26-20+;;. The maximum atomic E-state index is 12.4. The molecule has 1 atom stereocenters. The Morgan fingerprint density at radius 2 is 1.43 bits per heavy atom. The lowest BCUT2D eigenvalue weighted by molar-refractivity contribution is 0.0168. The van der Waals surface area contributed by atoms with E-state index in [4.69, 9.17) is 9.73 Å². The van der Waals surface area contributed by atoms with Crippen molar-refractivity contribution in [2.75, 3.05) is 26.2 Å². The van der Waals surface area contributed by atoms with Crippen molar-refractivity contribution in [3.05, 3.63) is 35.2 Å². The predicted octanol–water partition coefficient (Wildman–Crippen LogP) is 12.5. The molecule has 0 aromatic heterocycles. The first-order valence-electron chi connectivity index (χ1n) is 19.2. The lowest BCUT2D eigenvalue weighted by Crippen LogP contribution is -2.49.